The molecule has 0 aromatic heterocycles. The van der Waals surface area contributed by atoms with Gasteiger partial charge >= 0.3 is 0 Å². The monoisotopic (exact) mass is 529 g/mol. The molecule has 0 atom stereocenters. The molecule has 0 radical (unpaired) electrons. The van der Waals surface area contributed by atoms with Crippen molar-refractivity contribution in [2.75, 3.05) is 36.4 Å². The predicted molar refractivity (Wildman–Crippen MR) is 148 cm³/mol. The molecule has 3 amide bonds. The van der Waals surface area contributed by atoms with Crippen molar-refractivity contribution in [2.24, 2.45) is 0 Å². The van der Waals surface area contributed by atoms with Gasteiger partial charge in [-0.05, 0) is 61.4 Å². The van der Waals surface area contributed by atoms with E-state index in [-0.39, 0.29) is 16.6 Å². The summed E-state index contributed by atoms with van der Waals surface area (Å²) in [6.45, 7) is 7.99. The fourth-order valence-electron chi connectivity index (χ4n) is 5.04. The van der Waals surface area contributed by atoms with Crippen LogP contribution < -0.4 is 15.1 Å². The molecule has 194 valence electrons. The topological polar surface area (TPSA) is 74.2 Å². The van der Waals surface area contributed by atoms with E-state index in [0.717, 1.165) is 35.7 Å². The van der Waals surface area contributed by atoms with Crippen LogP contribution >= 0.6 is 11.6 Å². The number of amides is 3. The van der Waals surface area contributed by atoms with Crippen LogP contribution in [-0.4, -0.2) is 48.8 Å². The Labute approximate surface area is 227 Å². The summed E-state index contributed by atoms with van der Waals surface area (Å²) >= 11 is 6.29. The van der Waals surface area contributed by atoms with E-state index in [0.29, 0.717) is 30.0 Å². The quantitative estimate of drug-likeness (QED) is 0.481. The lowest BCUT2D eigenvalue weighted by molar-refractivity contribution is -0.917. The van der Waals surface area contributed by atoms with Gasteiger partial charge in [0.25, 0.3) is 17.7 Å². The minimum atomic E-state index is -0.565. The summed E-state index contributed by atoms with van der Waals surface area (Å²) in [5.41, 5.74) is 4.84. The first kappa shape index (κ1) is 25.7. The van der Waals surface area contributed by atoms with E-state index in [2.05, 4.69) is 29.6 Å². The van der Waals surface area contributed by atoms with Crippen LogP contribution in [0.5, 0.6) is 0 Å². The number of rotatable bonds is 6. The van der Waals surface area contributed by atoms with Gasteiger partial charge in [0.2, 0.25) is 0 Å². The van der Waals surface area contributed by atoms with Crippen LogP contribution in [0.2, 0.25) is 0 Å². The van der Waals surface area contributed by atoms with Crippen LogP contribution in [0.1, 0.15) is 27.0 Å². The lowest BCUT2D eigenvalue weighted by atomic mass is 10.1. The van der Waals surface area contributed by atoms with Crippen LogP contribution in [-0.2, 0) is 16.1 Å². The highest BCUT2D eigenvalue weighted by molar-refractivity contribution is 6.53. The second-order valence-electron chi connectivity index (χ2n) is 9.89. The maximum Gasteiger partial charge on any atom is 0.283 e. The van der Waals surface area contributed by atoms with Crippen LogP contribution in [0.25, 0.3) is 0 Å². The summed E-state index contributed by atoms with van der Waals surface area (Å²) in [5, 5.41) is 2.82. The minimum Gasteiger partial charge on any atom is -0.350 e. The summed E-state index contributed by atoms with van der Waals surface area (Å²) in [5.74, 6) is -1.09. The number of quaternary nitrogens is 1. The Balaban J connectivity index is 1.21. The molecule has 38 heavy (non-hydrogen) atoms. The fraction of sp³-hybridized carbons (Fsp3) is 0.233. The standard InChI is InChI=1S/C30H29ClN4O3/c1-20-16-21(2)18-25(17-20)35-29(37)26(31)27(30(35)38)32-24-10-8-23(9-11-24)28(36)34-14-12-33(13-15-34)19-22-6-4-3-5-7-22/h3-11,16-18,32H,12-15,19H2,1-2H3/p+1. The van der Waals surface area contributed by atoms with Crippen molar-refractivity contribution in [1.29, 1.82) is 0 Å². The van der Waals surface area contributed by atoms with E-state index in [9.17, 15) is 14.4 Å². The molecule has 8 heteroatoms. The Hall–Kier alpha value is -3.94. The molecule has 0 unspecified atom stereocenters. The third-order valence-electron chi connectivity index (χ3n) is 6.95. The fourth-order valence-corrected chi connectivity index (χ4v) is 5.25. The van der Waals surface area contributed by atoms with Crippen molar-refractivity contribution in [2.45, 2.75) is 20.4 Å². The van der Waals surface area contributed by atoms with E-state index < -0.39 is 11.8 Å². The van der Waals surface area contributed by atoms with Gasteiger partial charge in [0.1, 0.15) is 17.3 Å². The summed E-state index contributed by atoms with van der Waals surface area (Å²) in [6, 6.07) is 22.8. The molecule has 2 aliphatic rings. The molecule has 0 saturated carbocycles. The smallest absolute Gasteiger partial charge is 0.283 e. The summed E-state index contributed by atoms with van der Waals surface area (Å²) in [7, 11) is 0. The van der Waals surface area contributed by atoms with Gasteiger partial charge in [-0.25, -0.2) is 4.90 Å². The first-order valence-electron chi connectivity index (χ1n) is 12.7. The van der Waals surface area contributed by atoms with Gasteiger partial charge in [0.15, 0.2) is 0 Å². The molecule has 2 aliphatic heterocycles. The first-order chi connectivity index (χ1) is 18.3. The second kappa shape index (κ2) is 10.8. The highest BCUT2D eigenvalue weighted by Crippen LogP contribution is 2.31. The van der Waals surface area contributed by atoms with Crippen LogP contribution in [0, 0.1) is 13.8 Å². The SMILES string of the molecule is Cc1cc(C)cc(N2C(=O)C(Cl)=C(Nc3ccc(C(=O)N4CC[NH+](Cc5ccccc5)CC4)cc3)C2=O)c1. The number of aryl methyl sites for hydroxylation is 2. The molecule has 7 nitrogen and oxygen atoms in total. The van der Waals surface area contributed by atoms with E-state index in [1.54, 1.807) is 36.4 Å². The molecular weight excluding hydrogens is 500 g/mol. The number of carbonyl (C=O) groups is 3. The summed E-state index contributed by atoms with van der Waals surface area (Å²) in [6.07, 6.45) is 0. The van der Waals surface area contributed by atoms with E-state index in [4.69, 9.17) is 11.6 Å². The number of hydrogen-bond donors (Lipinski definition) is 2. The maximum atomic E-state index is 13.1. The largest absolute Gasteiger partial charge is 0.350 e. The molecule has 1 fully saturated rings. The Bertz CT molecular complexity index is 1390. The molecule has 1 saturated heterocycles. The predicted octanol–water partition coefficient (Wildman–Crippen LogP) is 3.28. The van der Waals surface area contributed by atoms with Gasteiger partial charge in [0.05, 0.1) is 31.9 Å². The summed E-state index contributed by atoms with van der Waals surface area (Å²) in [4.78, 5) is 43.4. The average Bonchev–Trinajstić information content (AvgIpc) is 3.12. The van der Waals surface area contributed by atoms with Crippen LogP contribution in [0.3, 0.4) is 0 Å². The second-order valence-corrected chi connectivity index (χ2v) is 10.3. The Morgan fingerprint density at radius 2 is 1.53 bits per heavy atom. The highest BCUT2D eigenvalue weighted by atomic mass is 35.5. The van der Waals surface area contributed by atoms with E-state index >= 15 is 0 Å². The number of nitrogens with zero attached hydrogens (tertiary/aromatic N) is 2. The van der Waals surface area contributed by atoms with Gasteiger partial charge in [-0.2, -0.15) is 0 Å². The number of imide groups is 1. The highest BCUT2D eigenvalue weighted by Gasteiger charge is 2.39. The molecule has 0 bridgehead atoms. The Morgan fingerprint density at radius 1 is 0.895 bits per heavy atom. The van der Waals surface area contributed by atoms with Crippen molar-refractivity contribution in [1.82, 2.24) is 4.90 Å². The van der Waals surface area contributed by atoms with Crippen LogP contribution in [0.15, 0.2) is 83.5 Å². The zero-order valence-corrected chi connectivity index (χ0v) is 22.2. The molecule has 2 N–H and O–H groups in total. The van der Waals surface area contributed by atoms with Gasteiger partial charge in [-0.15, -0.1) is 0 Å². The number of halogens is 1. The lowest BCUT2D eigenvalue weighted by Crippen LogP contribution is -3.13. The molecular formula is C30H30ClN4O3+. The minimum absolute atomic E-state index is 0.0133. The van der Waals surface area contributed by atoms with Crippen LogP contribution in [0.4, 0.5) is 11.4 Å². The Kier molecular flexibility index (Phi) is 7.31. The average molecular weight is 530 g/mol. The zero-order chi connectivity index (χ0) is 26.8. The van der Waals surface area contributed by atoms with Crippen molar-refractivity contribution >= 4 is 40.7 Å². The molecule has 0 spiro atoms. The number of piperazine rings is 1. The number of carbonyl (C=O) groups excluding carboxylic acids is 3. The first-order valence-corrected chi connectivity index (χ1v) is 13.1. The molecule has 0 aliphatic carbocycles. The number of nitrogens with one attached hydrogen (secondary N) is 2. The number of hydrogen-bond acceptors (Lipinski definition) is 4. The number of benzene rings is 3. The van der Waals surface area contributed by atoms with Crippen molar-refractivity contribution in [3.8, 4) is 0 Å². The van der Waals surface area contributed by atoms with Crippen molar-refractivity contribution in [3.05, 3.63) is 106 Å². The van der Waals surface area contributed by atoms with Crippen molar-refractivity contribution < 1.29 is 19.3 Å². The number of anilines is 2. The van der Waals surface area contributed by atoms with Gasteiger partial charge in [-0.3, -0.25) is 14.4 Å². The van der Waals surface area contributed by atoms with Gasteiger partial charge in [0, 0.05) is 16.8 Å². The zero-order valence-electron chi connectivity index (χ0n) is 21.5. The van der Waals surface area contributed by atoms with E-state index in [1.165, 1.54) is 10.5 Å². The van der Waals surface area contributed by atoms with Gasteiger partial charge in [-0.1, -0.05) is 48.0 Å². The lowest BCUT2D eigenvalue weighted by Gasteiger charge is -2.32. The maximum absolute atomic E-state index is 13.1. The van der Waals surface area contributed by atoms with Crippen molar-refractivity contribution in [3.63, 3.8) is 0 Å². The molecule has 3 aromatic rings. The van der Waals surface area contributed by atoms with E-state index in [1.807, 2.05) is 30.9 Å². The normalized spacial score (nSPS) is 16.4. The third-order valence-corrected chi connectivity index (χ3v) is 7.30. The Morgan fingerprint density at radius 3 is 2.16 bits per heavy atom. The molecule has 5 rings (SSSR count). The molecule has 2 heterocycles. The summed E-state index contributed by atoms with van der Waals surface area (Å²) < 4.78 is 0. The van der Waals surface area contributed by atoms with Gasteiger partial charge < -0.3 is 15.1 Å². The third kappa shape index (κ3) is 5.35. The molecule has 3 aromatic carbocycles.